The molecule has 1 saturated carbocycles. The molecule has 0 bridgehead atoms. The van der Waals surface area contributed by atoms with E-state index in [1.54, 1.807) is 18.2 Å². The zero-order valence-electron chi connectivity index (χ0n) is 18.0. The lowest BCUT2D eigenvalue weighted by Gasteiger charge is -2.38. The molecule has 3 unspecified atom stereocenters. The highest BCUT2D eigenvalue weighted by Gasteiger charge is 2.39. The lowest BCUT2D eigenvalue weighted by atomic mass is 9.74. The highest BCUT2D eigenvalue weighted by Crippen LogP contribution is 2.45. The van der Waals surface area contributed by atoms with Crippen molar-refractivity contribution in [1.82, 2.24) is 10.3 Å². The van der Waals surface area contributed by atoms with E-state index < -0.39 is 6.61 Å². The largest absolute Gasteiger partial charge is 0.493 e. The average molecular weight is 457 g/mol. The van der Waals surface area contributed by atoms with Gasteiger partial charge in [0, 0.05) is 24.0 Å². The molecule has 10 heteroatoms. The number of halogens is 2. The van der Waals surface area contributed by atoms with Crippen LogP contribution in [0.25, 0.3) is 11.0 Å². The molecule has 0 spiro atoms. The van der Waals surface area contributed by atoms with E-state index in [1.165, 1.54) is 14.0 Å². The van der Waals surface area contributed by atoms with Crippen LogP contribution in [0.3, 0.4) is 0 Å². The number of rotatable bonds is 5. The SMILES string of the molecule is COc1cc2c(cc1OC(F)F)C1CC(OC(C)=O)CCC1N=C2c1ccc2nonc2c1. The third-order valence-corrected chi connectivity index (χ3v) is 6.13. The number of benzene rings is 2. The van der Waals surface area contributed by atoms with E-state index >= 15 is 0 Å². The molecule has 3 aromatic rings. The average Bonchev–Trinajstić information content (AvgIpc) is 3.25. The first-order valence-corrected chi connectivity index (χ1v) is 10.6. The number of aromatic nitrogens is 2. The minimum Gasteiger partial charge on any atom is -0.493 e. The maximum Gasteiger partial charge on any atom is 0.387 e. The highest BCUT2D eigenvalue weighted by molar-refractivity contribution is 6.16. The van der Waals surface area contributed by atoms with E-state index in [4.69, 9.17) is 23.8 Å². The van der Waals surface area contributed by atoms with Crippen LogP contribution < -0.4 is 9.47 Å². The van der Waals surface area contributed by atoms with Gasteiger partial charge in [-0.1, -0.05) is 6.07 Å². The predicted octanol–water partition coefficient (Wildman–Crippen LogP) is 4.25. The molecule has 3 atom stereocenters. The summed E-state index contributed by atoms with van der Waals surface area (Å²) in [7, 11) is 1.40. The molecular formula is C23H21F2N3O5. The van der Waals surface area contributed by atoms with E-state index in [0.717, 1.165) is 16.7 Å². The molecule has 0 amide bonds. The number of hydrogen-bond donors (Lipinski definition) is 0. The quantitative estimate of drug-likeness (QED) is 0.529. The van der Waals surface area contributed by atoms with Crippen LogP contribution in [0.2, 0.25) is 0 Å². The molecule has 0 N–H and O–H groups in total. The van der Waals surface area contributed by atoms with E-state index in [0.29, 0.717) is 36.0 Å². The first-order chi connectivity index (χ1) is 15.9. The van der Waals surface area contributed by atoms with Crippen molar-refractivity contribution in [2.75, 3.05) is 7.11 Å². The van der Waals surface area contributed by atoms with Crippen molar-refractivity contribution in [2.24, 2.45) is 4.99 Å². The zero-order chi connectivity index (χ0) is 23.1. The van der Waals surface area contributed by atoms with E-state index in [-0.39, 0.29) is 35.5 Å². The summed E-state index contributed by atoms with van der Waals surface area (Å²) in [5.74, 6) is -0.330. The van der Waals surface area contributed by atoms with Crippen LogP contribution in [-0.4, -0.2) is 47.9 Å². The Morgan fingerprint density at radius 1 is 1.12 bits per heavy atom. The van der Waals surface area contributed by atoms with Crippen LogP contribution in [0.5, 0.6) is 11.5 Å². The maximum atomic E-state index is 13.1. The first kappa shape index (κ1) is 21.3. The lowest BCUT2D eigenvalue weighted by molar-refractivity contribution is -0.148. The second-order valence-corrected chi connectivity index (χ2v) is 8.13. The van der Waals surface area contributed by atoms with Crippen molar-refractivity contribution >= 4 is 22.7 Å². The van der Waals surface area contributed by atoms with Crippen molar-refractivity contribution < 1.29 is 32.4 Å². The van der Waals surface area contributed by atoms with Crippen LogP contribution in [0.15, 0.2) is 40.0 Å². The second kappa shape index (κ2) is 8.42. The molecule has 1 aliphatic heterocycles. The molecule has 33 heavy (non-hydrogen) atoms. The highest BCUT2D eigenvalue weighted by atomic mass is 19.3. The molecule has 0 radical (unpaired) electrons. The van der Waals surface area contributed by atoms with Gasteiger partial charge in [-0.2, -0.15) is 8.78 Å². The maximum absolute atomic E-state index is 13.1. The normalized spacial score (nSPS) is 21.8. The minimum atomic E-state index is -2.99. The van der Waals surface area contributed by atoms with E-state index in [9.17, 15) is 13.6 Å². The molecule has 2 heterocycles. The fraction of sp³-hybridized carbons (Fsp3) is 0.391. The summed E-state index contributed by atoms with van der Waals surface area (Å²) in [6.07, 6.45) is 1.65. The molecule has 2 aliphatic rings. The van der Waals surface area contributed by atoms with Crippen molar-refractivity contribution in [1.29, 1.82) is 0 Å². The Kier molecular flexibility index (Phi) is 5.43. The minimum absolute atomic E-state index is 0.0444. The standard InChI is InChI=1S/C23H21F2N3O5/c1-11(29)31-13-4-6-17-15(8-13)14-9-21(32-23(24)25)20(30-2)10-16(14)22(26-17)12-3-5-18-19(7-12)28-33-27-18/h3,5,7,9-10,13,15,17,23H,4,6,8H2,1-2H3. The van der Waals surface area contributed by atoms with Crippen LogP contribution in [0.4, 0.5) is 8.78 Å². The predicted molar refractivity (Wildman–Crippen MR) is 113 cm³/mol. The number of methoxy groups -OCH3 is 1. The van der Waals surface area contributed by atoms with Crippen molar-refractivity contribution in [3.05, 3.63) is 47.0 Å². The summed E-state index contributed by atoms with van der Waals surface area (Å²) in [5.41, 5.74) is 4.25. The van der Waals surface area contributed by atoms with Crippen LogP contribution in [0, 0.1) is 0 Å². The summed E-state index contributed by atoms with van der Waals surface area (Å²) < 4.78 is 46.5. The zero-order valence-corrected chi connectivity index (χ0v) is 18.0. The lowest BCUT2D eigenvalue weighted by Crippen LogP contribution is -2.36. The van der Waals surface area contributed by atoms with E-state index in [1.807, 2.05) is 12.1 Å². The number of hydrogen-bond acceptors (Lipinski definition) is 8. The summed E-state index contributed by atoms with van der Waals surface area (Å²) in [5, 5.41) is 7.75. The van der Waals surface area contributed by atoms with Gasteiger partial charge in [0.05, 0.1) is 18.9 Å². The van der Waals surface area contributed by atoms with Crippen LogP contribution in [-0.2, 0) is 9.53 Å². The number of esters is 1. The van der Waals surface area contributed by atoms with Gasteiger partial charge in [0.25, 0.3) is 0 Å². The molecule has 2 aromatic carbocycles. The molecule has 1 aliphatic carbocycles. The molecule has 1 fully saturated rings. The number of fused-ring (bicyclic) bond motifs is 4. The Labute approximate surface area is 187 Å². The second-order valence-electron chi connectivity index (χ2n) is 8.13. The van der Waals surface area contributed by atoms with Gasteiger partial charge < -0.3 is 14.2 Å². The molecular weight excluding hydrogens is 436 g/mol. The molecule has 1 aromatic heterocycles. The third-order valence-electron chi connectivity index (χ3n) is 6.13. The van der Waals surface area contributed by atoms with Gasteiger partial charge in [0.15, 0.2) is 11.5 Å². The first-order valence-electron chi connectivity index (χ1n) is 10.6. The summed E-state index contributed by atoms with van der Waals surface area (Å²) in [6, 6.07) is 8.66. The fourth-order valence-electron chi connectivity index (χ4n) is 4.78. The molecule has 0 saturated heterocycles. The number of carbonyl (C=O) groups is 1. The summed E-state index contributed by atoms with van der Waals surface area (Å²) in [4.78, 5) is 16.5. The Balaban J connectivity index is 1.64. The number of alkyl halides is 2. The monoisotopic (exact) mass is 457 g/mol. The van der Waals surface area contributed by atoms with Gasteiger partial charge in [-0.15, -0.1) is 0 Å². The van der Waals surface area contributed by atoms with Gasteiger partial charge >= 0.3 is 12.6 Å². The summed E-state index contributed by atoms with van der Waals surface area (Å²) >= 11 is 0. The Bertz CT molecular complexity index is 1240. The number of carbonyl (C=O) groups excluding carboxylic acids is 1. The van der Waals surface area contributed by atoms with Gasteiger partial charge in [-0.05, 0) is 59.4 Å². The van der Waals surface area contributed by atoms with Gasteiger partial charge in [-0.3, -0.25) is 9.79 Å². The summed E-state index contributed by atoms with van der Waals surface area (Å²) in [6.45, 7) is -1.61. The van der Waals surface area contributed by atoms with Crippen LogP contribution >= 0.6 is 0 Å². The smallest absolute Gasteiger partial charge is 0.387 e. The van der Waals surface area contributed by atoms with Gasteiger partial charge in [0.1, 0.15) is 17.1 Å². The van der Waals surface area contributed by atoms with Gasteiger partial charge in [0.2, 0.25) is 0 Å². The van der Waals surface area contributed by atoms with Gasteiger partial charge in [-0.25, -0.2) is 4.63 Å². The Hall–Kier alpha value is -3.56. The Morgan fingerprint density at radius 3 is 2.70 bits per heavy atom. The molecule has 172 valence electrons. The Morgan fingerprint density at radius 2 is 1.94 bits per heavy atom. The molecule has 5 rings (SSSR count). The van der Waals surface area contributed by atoms with Crippen molar-refractivity contribution in [2.45, 2.75) is 50.9 Å². The fourth-order valence-corrected chi connectivity index (χ4v) is 4.78. The number of nitrogens with zero attached hydrogens (tertiary/aromatic N) is 3. The van der Waals surface area contributed by atoms with Crippen LogP contribution in [0.1, 0.15) is 48.8 Å². The molecule has 8 nitrogen and oxygen atoms in total. The number of aliphatic imine (C=N–C) groups is 1. The third kappa shape index (κ3) is 4.01. The van der Waals surface area contributed by atoms with Crippen molar-refractivity contribution in [3.8, 4) is 11.5 Å². The topological polar surface area (TPSA) is 96.0 Å². The number of ether oxygens (including phenoxy) is 3. The van der Waals surface area contributed by atoms with E-state index in [2.05, 4.69) is 10.3 Å². The van der Waals surface area contributed by atoms with Crippen molar-refractivity contribution in [3.63, 3.8) is 0 Å².